The Hall–Kier alpha value is -3.19. The quantitative estimate of drug-likeness (QED) is 0.438. The summed E-state index contributed by atoms with van der Waals surface area (Å²) in [7, 11) is 0. The normalized spacial score (nSPS) is 11.6. The standard InChI is InChI=1S/C20H19N3O3S/c1-14-4-6-16(7-5-14)22-20(24)13-18(19-3-2-12-27-19)21-15-8-10-17(11-9-15)23(25)26/h2-12,18,21H,13H2,1H3,(H,22,24). The Bertz CT molecular complexity index is 907. The molecule has 0 saturated heterocycles. The fourth-order valence-corrected chi connectivity index (χ4v) is 3.41. The average Bonchev–Trinajstić information content (AvgIpc) is 3.18. The number of hydrogen-bond donors (Lipinski definition) is 2. The van der Waals surface area contributed by atoms with Crippen LogP contribution in [0.4, 0.5) is 17.1 Å². The van der Waals surface area contributed by atoms with Crippen molar-refractivity contribution in [3.8, 4) is 0 Å². The van der Waals surface area contributed by atoms with Gasteiger partial charge in [-0.25, -0.2) is 0 Å². The molecule has 0 aliphatic rings. The molecule has 1 heterocycles. The number of nitrogens with zero attached hydrogens (tertiary/aromatic N) is 1. The highest BCUT2D eigenvalue weighted by molar-refractivity contribution is 7.10. The van der Waals surface area contributed by atoms with Gasteiger partial charge in [0, 0.05) is 28.4 Å². The first-order chi connectivity index (χ1) is 13.0. The van der Waals surface area contributed by atoms with E-state index in [9.17, 15) is 14.9 Å². The second-order valence-corrected chi connectivity index (χ2v) is 7.11. The van der Waals surface area contributed by atoms with Crippen molar-refractivity contribution < 1.29 is 9.72 Å². The van der Waals surface area contributed by atoms with Gasteiger partial charge >= 0.3 is 0 Å². The molecule has 0 aliphatic heterocycles. The minimum Gasteiger partial charge on any atom is -0.377 e. The fourth-order valence-electron chi connectivity index (χ4n) is 2.63. The zero-order chi connectivity index (χ0) is 19.2. The minimum atomic E-state index is -0.435. The summed E-state index contributed by atoms with van der Waals surface area (Å²) < 4.78 is 0. The number of amides is 1. The summed E-state index contributed by atoms with van der Waals surface area (Å²) in [6.07, 6.45) is 0.241. The van der Waals surface area contributed by atoms with Crippen LogP contribution in [0.1, 0.15) is 22.9 Å². The molecule has 0 spiro atoms. The molecule has 2 N–H and O–H groups in total. The second kappa shape index (κ2) is 8.46. The van der Waals surface area contributed by atoms with Gasteiger partial charge < -0.3 is 10.6 Å². The lowest BCUT2D eigenvalue weighted by Crippen LogP contribution is -2.19. The summed E-state index contributed by atoms with van der Waals surface area (Å²) in [5.41, 5.74) is 2.64. The number of rotatable bonds is 7. The van der Waals surface area contributed by atoms with Crippen molar-refractivity contribution in [2.45, 2.75) is 19.4 Å². The number of nitro benzene ring substituents is 1. The largest absolute Gasteiger partial charge is 0.377 e. The molecule has 27 heavy (non-hydrogen) atoms. The van der Waals surface area contributed by atoms with Gasteiger partial charge in [-0.3, -0.25) is 14.9 Å². The van der Waals surface area contributed by atoms with Gasteiger partial charge in [0.2, 0.25) is 5.91 Å². The number of thiophene rings is 1. The summed E-state index contributed by atoms with van der Waals surface area (Å²) in [5, 5.41) is 19.0. The van der Waals surface area contributed by atoms with E-state index in [0.29, 0.717) is 0 Å². The van der Waals surface area contributed by atoms with Crippen molar-refractivity contribution in [1.29, 1.82) is 0 Å². The summed E-state index contributed by atoms with van der Waals surface area (Å²) >= 11 is 1.56. The summed E-state index contributed by atoms with van der Waals surface area (Å²) in [6.45, 7) is 1.99. The molecular weight excluding hydrogens is 362 g/mol. The van der Waals surface area contributed by atoms with Crippen molar-refractivity contribution in [3.05, 3.63) is 86.6 Å². The van der Waals surface area contributed by atoms with E-state index in [1.807, 2.05) is 48.7 Å². The van der Waals surface area contributed by atoms with E-state index < -0.39 is 4.92 Å². The fraction of sp³-hybridized carbons (Fsp3) is 0.150. The maximum atomic E-state index is 12.5. The summed E-state index contributed by atoms with van der Waals surface area (Å²) in [4.78, 5) is 23.9. The molecule has 1 unspecified atom stereocenters. The van der Waals surface area contributed by atoms with Crippen molar-refractivity contribution >= 4 is 34.3 Å². The monoisotopic (exact) mass is 381 g/mol. The third kappa shape index (κ3) is 5.15. The number of carbonyl (C=O) groups excluding carboxylic acids is 1. The van der Waals surface area contributed by atoms with Gasteiger partial charge in [-0.15, -0.1) is 11.3 Å². The van der Waals surface area contributed by atoms with Crippen LogP contribution in [-0.4, -0.2) is 10.8 Å². The zero-order valence-corrected chi connectivity index (χ0v) is 15.5. The Morgan fingerprint density at radius 2 is 1.74 bits per heavy atom. The predicted octanol–water partition coefficient (Wildman–Crippen LogP) is 5.15. The smallest absolute Gasteiger partial charge is 0.269 e. The molecule has 0 aliphatic carbocycles. The van der Waals surface area contributed by atoms with Gasteiger partial charge in [0.1, 0.15) is 0 Å². The molecule has 1 atom stereocenters. The minimum absolute atomic E-state index is 0.0327. The van der Waals surface area contributed by atoms with Crippen LogP contribution in [0, 0.1) is 17.0 Å². The van der Waals surface area contributed by atoms with E-state index in [4.69, 9.17) is 0 Å². The Balaban J connectivity index is 1.70. The topological polar surface area (TPSA) is 84.3 Å². The number of non-ortho nitro benzene ring substituents is 1. The number of nitrogens with one attached hydrogen (secondary N) is 2. The number of aryl methyl sites for hydroxylation is 1. The van der Waals surface area contributed by atoms with Gasteiger partial charge in [-0.05, 0) is 42.6 Å². The summed E-state index contributed by atoms with van der Waals surface area (Å²) in [6, 6.07) is 17.5. The van der Waals surface area contributed by atoms with E-state index in [0.717, 1.165) is 21.8 Å². The van der Waals surface area contributed by atoms with Gasteiger partial charge in [0.05, 0.1) is 17.4 Å². The van der Waals surface area contributed by atoms with Gasteiger partial charge in [-0.1, -0.05) is 23.8 Å². The molecule has 1 amide bonds. The Morgan fingerprint density at radius 1 is 1.07 bits per heavy atom. The van der Waals surface area contributed by atoms with E-state index in [1.165, 1.54) is 12.1 Å². The molecule has 0 saturated carbocycles. The van der Waals surface area contributed by atoms with Crippen LogP contribution in [0.25, 0.3) is 0 Å². The van der Waals surface area contributed by atoms with Crippen LogP contribution in [0.5, 0.6) is 0 Å². The average molecular weight is 381 g/mol. The van der Waals surface area contributed by atoms with Crippen molar-refractivity contribution in [3.63, 3.8) is 0 Å². The maximum absolute atomic E-state index is 12.5. The third-order valence-electron chi connectivity index (χ3n) is 4.03. The molecule has 2 aromatic carbocycles. The molecule has 0 fully saturated rings. The second-order valence-electron chi connectivity index (χ2n) is 6.13. The lowest BCUT2D eigenvalue weighted by Gasteiger charge is -2.18. The molecular formula is C20H19N3O3S. The van der Waals surface area contributed by atoms with Crippen LogP contribution in [-0.2, 0) is 4.79 Å². The van der Waals surface area contributed by atoms with Crippen molar-refractivity contribution in [2.75, 3.05) is 10.6 Å². The third-order valence-corrected chi connectivity index (χ3v) is 5.02. The molecule has 1 aromatic heterocycles. The maximum Gasteiger partial charge on any atom is 0.269 e. The molecule has 0 radical (unpaired) electrons. The first kappa shape index (κ1) is 18.6. The van der Waals surface area contributed by atoms with E-state index in [-0.39, 0.29) is 24.1 Å². The van der Waals surface area contributed by atoms with Crippen LogP contribution in [0.15, 0.2) is 66.0 Å². The predicted molar refractivity (Wildman–Crippen MR) is 108 cm³/mol. The first-order valence-corrected chi connectivity index (χ1v) is 9.30. The SMILES string of the molecule is Cc1ccc(NC(=O)CC(Nc2ccc([N+](=O)[O-])cc2)c2cccs2)cc1. The van der Waals surface area contributed by atoms with Gasteiger partial charge in [0.15, 0.2) is 0 Å². The zero-order valence-electron chi connectivity index (χ0n) is 14.7. The van der Waals surface area contributed by atoms with Gasteiger partial charge in [-0.2, -0.15) is 0 Å². The highest BCUT2D eigenvalue weighted by atomic mass is 32.1. The number of hydrogen-bond acceptors (Lipinski definition) is 5. The lowest BCUT2D eigenvalue weighted by molar-refractivity contribution is -0.384. The highest BCUT2D eigenvalue weighted by Crippen LogP contribution is 2.28. The molecule has 7 heteroatoms. The number of anilines is 2. The molecule has 0 bridgehead atoms. The Morgan fingerprint density at radius 3 is 2.33 bits per heavy atom. The molecule has 138 valence electrons. The number of carbonyl (C=O) groups is 1. The Labute approximate surface area is 161 Å². The van der Waals surface area contributed by atoms with Crippen molar-refractivity contribution in [2.24, 2.45) is 0 Å². The van der Waals surface area contributed by atoms with E-state index >= 15 is 0 Å². The summed E-state index contributed by atoms with van der Waals surface area (Å²) in [5.74, 6) is -0.105. The number of nitro groups is 1. The van der Waals surface area contributed by atoms with Gasteiger partial charge in [0.25, 0.3) is 5.69 Å². The highest BCUT2D eigenvalue weighted by Gasteiger charge is 2.18. The van der Waals surface area contributed by atoms with Crippen molar-refractivity contribution in [1.82, 2.24) is 0 Å². The van der Waals surface area contributed by atoms with E-state index in [2.05, 4.69) is 10.6 Å². The van der Waals surface area contributed by atoms with Crippen LogP contribution in [0.2, 0.25) is 0 Å². The van der Waals surface area contributed by atoms with Crippen LogP contribution in [0.3, 0.4) is 0 Å². The first-order valence-electron chi connectivity index (χ1n) is 8.42. The molecule has 6 nitrogen and oxygen atoms in total. The van der Waals surface area contributed by atoms with Crippen LogP contribution >= 0.6 is 11.3 Å². The molecule has 3 rings (SSSR count). The molecule has 3 aromatic rings. The number of benzene rings is 2. The lowest BCUT2D eigenvalue weighted by atomic mass is 10.1. The van der Waals surface area contributed by atoms with E-state index in [1.54, 1.807) is 23.5 Å². The Kier molecular flexibility index (Phi) is 5.83. The van der Waals surface area contributed by atoms with Crippen LogP contribution < -0.4 is 10.6 Å².